The average molecular weight is 604 g/mol. The Morgan fingerprint density at radius 2 is 1.49 bits per heavy atom. The smallest absolute Gasteiger partial charge is 0.264 e. The summed E-state index contributed by atoms with van der Waals surface area (Å²) in [5.74, 6) is 2.30. The van der Waals surface area contributed by atoms with Crippen molar-refractivity contribution in [3.05, 3.63) is 83.6 Å². The van der Waals surface area contributed by atoms with Crippen molar-refractivity contribution in [1.29, 1.82) is 0 Å². The third-order valence-corrected chi connectivity index (χ3v) is 8.50. The molecule has 41 heavy (non-hydrogen) atoms. The van der Waals surface area contributed by atoms with E-state index in [9.17, 15) is 13.0 Å². The first kappa shape index (κ1) is 32.7. The van der Waals surface area contributed by atoms with Gasteiger partial charge in [-0.25, -0.2) is 4.98 Å². The van der Waals surface area contributed by atoms with Gasteiger partial charge in [-0.2, -0.15) is 8.42 Å². The molecule has 0 saturated carbocycles. The molecule has 3 rings (SSSR count). The summed E-state index contributed by atoms with van der Waals surface area (Å²) in [6.45, 7) is 6.88. The molecule has 11 heteroatoms. The summed E-state index contributed by atoms with van der Waals surface area (Å²) >= 11 is -1.38. The lowest BCUT2D eigenvalue weighted by atomic mass is 10.0. The molecular weight excluding hydrogens is 562 g/mol. The van der Waals surface area contributed by atoms with Gasteiger partial charge in [0.05, 0.1) is 33.1 Å². The summed E-state index contributed by atoms with van der Waals surface area (Å²) < 4.78 is 54.7. The molecule has 1 heterocycles. The van der Waals surface area contributed by atoms with Crippen LogP contribution in [-0.2, 0) is 38.8 Å². The fourth-order valence-electron chi connectivity index (χ4n) is 4.14. The SMILES string of the molecule is COc1ccc(CN(Cc2ccc(OC)cc2)c2ncccc2[C@@H](CCCOS(C)(=O)=O)N[S@@+]([O-])C(C)(C)C)cc1. The van der Waals surface area contributed by atoms with E-state index in [-0.39, 0.29) is 12.6 Å². The fraction of sp³-hybridized carbons (Fsp3) is 0.433. The van der Waals surface area contributed by atoms with Crippen LogP contribution in [0.1, 0.15) is 56.3 Å². The van der Waals surface area contributed by atoms with Crippen LogP contribution in [-0.4, -0.2) is 49.8 Å². The molecule has 3 aromatic rings. The monoisotopic (exact) mass is 603 g/mol. The number of hydrogen-bond acceptors (Lipinski definition) is 9. The number of hydrogen-bond donors (Lipinski definition) is 1. The van der Waals surface area contributed by atoms with Crippen molar-refractivity contribution < 1.29 is 26.6 Å². The number of anilines is 1. The molecule has 0 aliphatic heterocycles. The van der Waals surface area contributed by atoms with Crippen LogP contribution in [0.25, 0.3) is 0 Å². The van der Waals surface area contributed by atoms with Crippen molar-refractivity contribution in [2.24, 2.45) is 0 Å². The van der Waals surface area contributed by atoms with Crippen LogP contribution in [0.2, 0.25) is 0 Å². The number of methoxy groups -OCH3 is 2. The lowest BCUT2D eigenvalue weighted by Gasteiger charge is -2.31. The van der Waals surface area contributed by atoms with E-state index in [1.807, 2.05) is 81.4 Å². The van der Waals surface area contributed by atoms with E-state index >= 15 is 0 Å². The minimum absolute atomic E-state index is 0.0379. The molecule has 0 radical (unpaired) electrons. The number of nitrogens with zero attached hydrogens (tertiary/aromatic N) is 2. The van der Waals surface area contributed by atoms with Gasteiger partial charge in [0, 0.05) is 36.2 Å². The van der Waals surface area contributed by atoms with Crippen molar-refractivity contribution in [2.75, 3.05) is 32.0 Å². The van der Waals surface area contributed by atoms with Crippen LogP contribution in [0.3, 0.4) is 0 Å². The molecule has 0 aliphatic carbocycles. The standard InChI is InChI=1S/C30H41N3O6S2/c1-30(2,3)40(34)32-28(10-8-20-39-41(6,35)36)27-9-7-19-31-29(27)33(21-23-11-15-25(37-4)16-12-23)22-24-13-17-26(38-5)18-14-24/h7,9,11-19,28,32H,8,10,20-22H2,1-6H3/t28-,40+/m1/s1. The van der Waals surface area contributed by atoms with Crippen molar-refractivity contribution in [1.82, 2.24) is 9.71 Å². The molecule has 0 unspecified atom stereocenters. The van der Waals surface area contributed by atoms with E-state index in [0.29, 0.717) is 25.9 Å². The lowest BCUT2D eigenvalue weighted by Crippen LogP contribution is -2.41. The predicted octanol–water partition coefficient (Wildman–Crippen LogP) is 5.15. The van der Waals surface area contributed by atoms with Gasteiger partial charge in [-0.15, -0.1) is 4.72 Å². The Hall–Kier alpha value is -2.83. The number of nitrogens with one attached hydrogen (secondary N) is 1. The first-order valence-corrected chi connectivity index (χ1v) is 16.3. The van der Waals surface area contributed by atoms with Crippen molar-refractivity contribution in [3.63, 3.8) is 0 Å². The van der Waals surface area contributed by atoms with Crippen LogP contribution in [0.4, 0.5) is 5.82 Å². The van der Waals surface area contributed by atoms with Crippen molar-refractivity contribution in [2.45, 2.75) is 57.5 Å². The molecule has 0 saturated heterocycles. The van der Waals surface area contributed by atoms with Crippen LogP contribution in [0, 0.1) is 0 Å². The first-order valence-electron chi connectivity index (χ1n) is 13.4. The summed E-state index contributed by atoms with van der Waals surface area (Å²) in [5.41, 5.74) is 3.01. The summed E-state index contributed by atoms with van der Waals surface area (Å²) in [5, 5.41) is 0. The topological polar surface area (TPSA) is 113 Å². The van der Waals surface area contributed by atoms with Gasteiger partial charge < -0.3 is 18.9 Å². The van der Waals surface area contributed by atoms with Gasteiger partial charge in [0.15, 0.2) is 0 Å². The highest BCUT2D eigenvalue weighted by molar-refractivity contribution is 7.90. The van der Waals surface area contributed by atoms with Gasteiger partial charge in [-0.1, -0.05) is 30.3 Å². The Labute approximate surface area is 247 Å². The van der Waals surface area contributed by atoms with Crippen LogP contribution < -0.4 is 19.1 Å². The Morgan fingerprint density at radius 3 is 1.95 bits per heavy atom. The maximum Gasteiger partial charge on any atom is 0.264 e. The number of ether oxygens (including phenoxy) is 2. The summed E-state index contributed by atoms with van der Waals surface area (Å²) in [6, 6.07) is 19.3. The quantitative estimate of drug-likeness (QED) is 0.143. The second-order valence-electron chi connectivity index (χ2n) is 10.7. The van der Waals surface area contributed by atoms with Gasteiger partial charge >= 0.3 is 0 Å². The fourth-order valence-corrected chi connectivity index (χ4v) is 5.41. The predicted molar refractivity (Wildman–Crippen MR) is 164 cm³/mol. The van der Waals surface area contributed by atoms with Gasteiger partial charge in [-0.3, -0.25) is 4.18 Å². The average Bonchev–Trinajstić information content (AvgIpc) is 2.94. The number of benzene rings is 2. The normalized spacial score (nSPS) is 13.4. The highest BCUT2D eigenvalue weighted by Crippen LogP contribution is 2.32. The Bertz CT molecular complexity index is 1280. The Kier molecular flexibility index (Phi) is 11.9. The second-order valence-corrected chi connectivity index (χ2v) is 14.3. The third kappa shape index (κ3) is 10.5. The number of pyridine rings is 1. The molecule has 2 aromatic carbocycles. The van der Waals surface area contributed by atoms with Crippen LogP contribution in [0.5, 0.6) is 11.5 Å². The number of aromatic nitrogens is 1. The van der Waals surface area contributed by atoms with E-state index < -0.39 is 26.2 Å². The maximum absolute atomic E-state index is 13.2. The van der Waals surface area contributed by atoms with Crippen LogP contribution >= 0.6 is 0 Å². The minimum atomic E-state index is -3.55. The zero-order valence-electron chi connectivity index (χ0n) is 24.6. The minimum Gasteiger partial charge on any atom is -0.598 e. The molecule has 1 N–H and O–H groups in total. The maximum atomic E-state index is 13.2. The highest BCUT2D eigenvalue weighted by Gasteiger charge is 2.31. The van der Waals surface area contributed by atoms with Gasteiger partial charge in [0.1, 0.15) is 22.1 Å². The molecule has 0 bridgehead atoms. The van der Waals surface area contributed by atoms with Gasteiger partial charge in [0.25, 0.3) is 10.1 Å². The lowest BCUT2D eigenvalue weighted by molar-refractivity contribution is 0.305. The molecular formula is C30H41N3O6S2. The van der Waals surface area contributed by atoms with E-state index in [4.69, 9.17) is 18.6 Å². The summed E-state index contributed by atoms with van der Waals surface area (Å²) in [7, 11) is -0.273. The third-order valence-electron chi connectivity index (χ3n) is 6.30. The molecule has 1 aromatic heterocycles. The molecule has 224 valence electrons. The summed E-state index contributed by atoms with van der Waals surface area (Å²) in [6.07, 6.45) is 3.72. The molecule has 0 spiro atoms. The zero-order chi connectivity index (χ0) is 30.0. The van der Waals surface area contributed by atoms with E-state index in [0.717, 1.165) is 40.3 Å². The Morgan fingerprint density at radius 1 is 0.951 bits per heavy atom. The molecule has 2 atom stereocenters. The van der Waals surface area contributed by atoms with E-state index in [1.54, 1.807) is 20.4 Å². The number of rotatable bonds is 15. The van der Waals surface area contributed by atoms with E-state index in [2.05, 4.69) is 9.62 Å². The molecule has 9 nitrogen and oxygen atoms in total. The molecule has 0 aliphatic rings. The second kappa shape index (κ2) is 14.9. The van der Waals surface area contributed by atoms with Gasteiger partial charge in [0.2, 0.25) is 0 Å². The van der Waals surface area contributed by atoms with Crippen LogP contribution in [0.15, 0.2) is 66.9 Å². The Balaban J connectivity index is 1.99. The molecule has 0 amide bonds. The van der Waals surface area contributed by atoms with Crippen molar-refractivity contribution >= 4 is 27.3 Å². The summed E-state index contributed by atoms with van der Waals surface area (Å²) in [4.78, 5) is 6.99. The molecule has 0 fully saturated rings. The first-order chi connectivity index (χ1) is 19.4. The highest BCUT2D eigenvalue weighted by atomic mass is 32.2. The van der Waals surface area contributed by atoms with Crippen molar-refractivity contribution in [3.8, 4) is 11.5 Å². The zero-order valence-corrected chi connectivity index (χ0v) is 26.3. The van der Waals surface area contributed by atoms with Gasteiger partial charge in [-0.05, 0) is 75.1 Å². The van der Waals surface area contributed by atoms with E-state index in [1.165, 1.54) is 0 Å². The largest absolute Gasteiger partial charge is 0.598 e.